The minimum absolute atomic E-state index is 0.0309. The van der Waals surface area contributed by atoms with Crippen LogP contribution >= 0.6 is 11.3 Å². The molecule has 1 heterocycles. The highest BCUT2D eigenvalue weighted by Crippen LogP contribution is 1.96. The maximum atomic E-state index is 12.1. The zero-order valence-corrected chi connectivity index (χ0v) is 6.76. The summed E-state index contributed by atoms with van der Waals surface area (Å²) in [5.74, 6) is -0.0309. The number of rotatable bonds is 0. The van der Waals surface area contributed by atoms with Crippen molar-refractivity contribution in [3.8, 4) is 0 Å². The van der Waals surface area contributed by atoms with E-state index in [1.165, 1.54) is 17.4 Å². The van der Waals surface area contributed by atoms with Crippen LogP contribution in [-0.2, 0) is 0 Å². The molecule has 0 N–H and O–H groups in total. The third-order valence-corrected chi connectivity index (χ3v) is 2.80. The van der Waals surface area contributed by atoms with Crippen molar-refractivity contribution in [2.75, 3.05) is 0 Å². The van der Waals surface area contributed by atoms with Gasteiger partial charge in [-0.25, -0.2) is 4.39 Å². The molecule has 1 aromatic heterocycles. The molecule has 0 aliphatic heterocycles. The van der Waals surface area contributed by atoms with Crippen LogP contribution in [-0.4, -0.2) is 10.2 Å². The molecule has 0 fully saturated rings. The Morgan fingerprint density at radius 1 is 1.71 bits per heavy atom. The van der Waals surface area contributed by atoms with Crippen molar-refractivity contribution in [2.45, 2.75) is 0 Å². The SMILES string of the molecule is Fc1ccsc1[SiH3]. The van der Waals surface area contributed by atoms with E-state index >= 15 is 0 Å². The van der Waals surface area contributed by atoms with Crippen LogP contribution in [0, 0.1) is 5.82 Å². The second kappa shape index (κ2) is 1.75. The number of thiophene rings is 1. The second-order valence-electron chi connectivity index (χ2n) is 1.32. The van der Waals surface area contributed by atoms with Crippen LogP contribution in [0.3, 0.4) is 0 Å². The van der Waals surface area contributed by atoms with Gasteiger partial charge in [-0.1, -0.05) is 0 Å². The van der Waals surface area contributed by atoms with Gasteiger partial charge in [-0.2, -0.15) is 11.3 Å². The lowest BCUT2D eigenvalue weighted by atomic mass is 10.6. The van der Waals surface area contributed by atoms with Crippen LogP contribution in [0.5, 0.6) is 0 Å². The summed E-state index contributed by atoms with van der Waals surface area (Å²) < 4.78 is 13.0. The molecule has 0 amide bonds. The van der Waals surface area contributed by atoms with Crippen molar-refractivity contribution in [1.29, 1.82) is 0 Å². The third-order valence-electron chi connectivity index (χ3n) is 0.796. The summed E-state index contributed by atoms with van der Waals surface area (Å²) in [6.45, 7) is 0. The minimum atomic E-state index is -0.0309. The van der Waals surface area contributed by atoms with Crippen molar-refractivity contribution < 1.29 is 4.39 Å². The molecule has 1 rings (SSSR count). The first-order valence-corrected chi connectivity index (χ1v) is 3.88. The molecular formula is C4H5FSSi. The standard InChI is InChI=1S/C4H5FSSi/c5-3-1-2-6-4(3)7/h1-2H,7H3. The van der Waals surface area contributed by atoms with Gasteiger partial charge in [-0.05, 0) is 11.4 Å². The highest BCUT2D eigenvalue weighted by atomic mass is 32.1. The Hall–Kier alpha value is -0.153. The van der Waals surface area contributed by atoms with Gasteiger partial charge in [-0.15, -0.1) is 0 Å². The van der Waals surface area contributed by atoms with E-state index in [4.69, 9.17) is 0 Å². The summed E-state index contributed by atoms with van der Waals surface area (Å²) in [5.41, 5.74) is 0. The maximum absolute atomic E-state index is 12.1. The normalized spacial score (nSPS) is 9.86. The van der Waals surface area contributed by atoms with Gasteiger partial charge in [0.05, 0.1) is 10.2 Å². The predicted octanol–water partition coefficient (Wildman–Crippen LogP) is -0.122. The Balaban J connectivity index is 3.12. The van der Waals surface area contributed by atoms with Crippen molar-refractivity contribution in [1.82, 2.24) is 0 Å². The molecular weight excluding hydrogens is 127 g/mol. The number of hydrogen-bond acceptors (Lipinski definition) is 1. The largest absolute Gasteiger partial charge is 0.206 e. The van der Waals surface area contributed by atoms with E-state index in [1.54, 1.807) is 5.38 Å². The van der Waals surface area contributed by atoms with Crippen molar-refractivity contribution >= 4 is 26.1 Å². The molecule has 0 aliphatic rings. The fraction of sp³-hybridized carbons (Fsp3) is 0. The van der Waals surface area contributed by atoms with Gasteiger partial charge in [0.1, 0.15) is 5.82 Å². The first kappa shape index (κ1) is 4.99. The van der Waals surface area contributed by atoms with Crippen LogP contribution in [0.2, 0.25) is 0 Å². The Labute approximate surface area is 48.4 Å². The molecule has 38 valence electrons. The van der Waals surface area contributed by atoms with Gasteiger partial charge >= 0.3 is 0 Å². The average Bonchev–Trinajstić information content (AvgIpc) is 1.91. The van der Waals surface area contributed by atoms with Crippen LogP contribution in [0.25, 0.3) is 0 Å². The van der Waals surface area contributed by atoms with Crippen molar-refractivity contribution in [3.05, 3.63) is 17.3 Å². The van der Waals surface area contributed by atoms with E-state index in [9.17, 15) is 4.39 Å². The lowest BCUT2D eigenvalue weighted by molar-refractivity contribution is 0.640. The number of halogens is 1. The predicted molar refractivity (Wildman–Crippen MR) is 33.9 cm³/mol. The van der Waals surface area contributed by atoms with E-state index in [0.29, 0.717) is 0 Å². The first-order chi connectivity index (χ1) is 3.30. The molecule has 0 unspecified atom stereocenters. The molecule has 0 radical (unpaired) electrons. The minimum Gasteiger partial charge on any atom is -0.206 e. The lowest BCUT2D eigenvalue weighted by Gasteiger charge is -1.75. The smallest absolute Gasteiger partial charge is 0.131 e. The molecule has 1 aromatic rings. The van der Waals surface area contributed by atoms with Gasteiger partial charge in [0.25, 0.3) is 0 Å². The fourth-order valence-corrected chi connectivity index (χ4v) is 1.52. The van der Waals surface area contributed by atoms with Gasteiger partial charge in [0.15, 0.2) is 0 Å². The molecule has 0 aromatic carbocycles. The topological polar surface area (TPSA) is 0 Å². The molecule has 0 bridgehead atoms. The fourth-order valence-electron chi connectivity index (χ4n) is 0.369. The van der Waals surface area contributed by atoms with E-state index in [0.717, 1.165) is 14.7 Å². The Morgan fingerprint density at radius 3 is 2.57 bits per heavy atom. The second-order valence-corrected chi connectivity index (χ2v) is 4.17. The van der Waals surface area contributed by atoms with E-state index in [1.807, 2.05) is 0 Å². The van der Waals surface area contributed by atoms with Crippen LogP contribution in [0.15, 0.2) is 11.4 Å². The van der Waals surface area contributed by atoms with Crippen LogP contribution in [0.1, 0.15) is 0 Å². The lowest BCUT2D eigenvalue weighted by Crippen LogP contribution is -1.97. The number of hydrogen-bond donors (Lipinski definition) is 0. The third kappa shape index (κ3) is 0.892. The van der Waals surface area contributed by atoms with Crippen LogP contribution < -0.4 is 4.50 Å². The molecule has 0 atom stereocenters. The summed E-state index contributed by atoms with van der Waals surface area (Å²) in [7, 11) is 0.842. The van der Waals surface area contributed by atoms with Crippen LogP contribution in [0.4, 0.5) is 4.39 Å². The molecule has 0 spiro atoms. The van der Waals surface area contributed by atoms with E-state index in [2.05, 4.69) is 0 Å². The summed E-state index contributed by atoms with van der Waals surface area (Å²) in [5, 5.41) is 1.78. The quantitative estimate of drug-likeness (QED) is 0.432. The Bertz CT molecular complexity index is 144. The molecule has 0 aliphatic carbocycles. The van der Waals surface area contributed by atoms with Gasteiger partial charge in [-0.3, -0.25) is 0 Å². The van der Waals surface area contributed by atoms with E-state index < -0.39 is 0 Å². The van der Waals surface area contributed by atoms with Gasteiger partial charge < -0.3 is 0 Å². The van der Waals surface area contributed by atoms with E-state index in [-0.39, 0.29) is 5.82 Å². The molecule has 0 saturated carbocycles. The summed E-state index contributed by atoms with van der Waals surface area (Å²) in [4.78, 5) is 0. The summed E-state index contributed by atoms with van der Waals surface area (Å²) >= 11 is 1.49. The molecule has 0 saturated heterocycles. The Kier molecular flexibility index (Phi) is 1.25. The highest BCUT2D eigenvalue weighted by molar-refractivity contribution is 7.18. The summed E-state index contributed by atoms with van der Waals surface area (Å²) in [6.07, 6.45) is 0. The van der Waals surface area contributed by atoms with Gasteiger partial charge in [0.2, 0.25) is 0 Å². The maximum Gasteiger partial charge on any atom is 0.131 e. The molecule has 7 heavy (non-hydrogen) atoms. The average molecular weight is 132 g/mol. The molecule has 3 heteroatoms. The Morgan fingerprint density at radius 2 is 2.43 bits per heavy atom. The summed E-state index contributed by atoms with van der Waals surface area (Å²) in [6, 6.07) is 1.51. The zero-order valence-electron chi connectivity index (χ0n) is 3.94. The molecule has 0 nitrogen and oxygen atoms in total. The first-order valence-electron chi connectivity index (χ1n) is 2.00. The van der Waals surface area contributed by atoms with Gasteiger partial charge in [0, 0.05) is 4.50 Å². The monoisotopic (exact) mass is 132 g/mol. The van der Waals surface area contributed by atoms with Crippen molar-refractivity contribution in [3.63, 3.8) is 0 Å². The highest BCUT2D eigenvalue weighted by Gasteiger charge is 1.91. The zero-order chi connectivity index (χ0) is 5.28. The van der Waals surface area contributed by atoms with Crippen molar-refractivity contribution in [2.24, 2.45) is 0 Å².